The number of benzene rings is 2. The van der Waals surface area contributed by atoms with E-state index in [-0.39, 0.29) is 5.91 Å². The molecule has 2 N–H and O–H groups in total. The van der Waals surface area contributed by atoms with Crippen molar-refractivity contribution in [2.45, 2.75) is 0 Å². The van der Waals surface area contributed by atoms with Crippen molar-refractivity contribution < 1.29 is 14.3 Å². The highest BCUT2D eigenvalue weighted by Crippen LogP contribution is 2.30. The van der Waals surface area contributed by atoms with Crippen molar-refractivity contribution >= 4 is 28.6 Å². The second kappa shape index (κ2) is 10.2. The number of hydrogen-bond donors (Lipinski definition) is 2. The van der Waals surface area contributed by atoms with Gasteiger partial charge in [-0.15, -0.1) is 0 Å². The van der Waals surface area contributed by atoms with Crippen LogP contribution in [0.15, 0.2) is 60.8 Å². The Morgan fingerprint density at radius 1 is 1.09 bits per heavy atom. The first-order valence-corrected chi connectivity index (χ1v) is 10.9. The van der Waals surface area contributed by atoms with Crippen molar-refractivity contribution in [3.8, 4) is 17.2 Å². The van der Waals surface area contributed by atoms with E-state index in [1.165, 1.54) is 0 Å². The molecule has 0 radical (unpaired) electrons. The van der Waals surface area contributed by atoms with E-state index in [0.717, 1.165) is 29.0 Å². The Hall–Kier alpha value is -4.11. The van der Waals surface area contributed by atoms with Crippen molar-refractivity contribution in [2.24, 2.45) is 7.05 Å². The van der Waals surface area contributed by atoms with Crippen LogP contribution in [0.4, 0.5) is 11.6 Å². The summed E-state index contributed by atoms with van der Waals surface area (Å²) >= 11 is 0. The minimum Gasteiger partial charge on any atom is -0.495 e. The van der Waals surface area contributed by atoms with Crippen molar-refractivity contribution in [1.82, 2.24) is 24.8 Å². The van der Waals surface area contributed by atoms with Gasteiger partial charge in [0.25, 0.3) is 5.91 Å². The number of nitrogens with one attached hydrogen (secondary N) is 2. The third-order valence-electron chi connectivity index (χ3n) is 5.25. The molecule has 9 heteroatoms. The number of para-hydroxylation sites is 2. The van der Waals surface area contributed by atoms with Crippen LogP contribution in [0.5, 0.6) is 17.2 Å². The van der Waals surface area contributed by atoms with Crippen LogP contribution in [0.2, 0.25) is 0 Å². The second-order valence-corrected chi connectivity index (χ2v) is 8.01. The smallest absolute Gasteiger partial charge is 0.270 e. The second-order valence-electron chi connectivity index (χ2n) is 8.01. The molecule has 2 heterocycles. The van der Waals surface area contributed by atoms with Crippen LogP contribution in [0.3, 0.4) is 0 Å². The maximum absolute atomic E-state index is 12.4. The van der Waals surface area contributed by atoms with Crippen LogP contribution in [-0.2, 0) is 7.05 Å². The van der Waals surface area contributed by atoms with Crippen LogP contribution in [0.25, 0.3) is 11.0 Å². The molecule has 9 nitrogen and oxygen atoms in total. The molecule has 0 bridgehead atoms. The Bertz CT molecular complexity index is 1300. The number of imidazole rings is 1. The molecule has 1 amide bonds. The van der Waals surface area contributed by atoms with Crippen molar-refractivity contribution in [2.75, 3.05) is 39.6 Å². The van der Waals surface area contributed by atoms with E-state index in [1.54, 1.807) is 25.4 Å². The minimum atomic E-state index is -0.237. The number of amides is 1. The van der Waals surface area contributed by atoms with Crippen LogP contribution in [0, 0.1) is 0 Å². The summed E-state index contributed by atoms with van der Waals surface area (Å²) in [6.45, 7) is 1.29. The van der Waals surface area contributed by atoms with Gasteiger partial charge in [0.1, 0.15) is 22.9 Å². The molecule has 176 valence electrons. The summed E-state index contributed by atoms with van der Waals surface area (Å²) in [7, 11) is 7.48. The van der Waals surface area contributed by atoms with Gasteiger partial charge in [0, 0.05) is 38.5 Å². The lowest BCUT2D eigenvalue weighted by Gasteiger charge is -2.11. The standard InChI is InChI=1S/C25H28N6O3/c1-30(2)14-13-27-24(32)21-16-18(11-12-26-21)34-17-9-10-22-20(15-17)29-25(31(22)3)28-19-7-5-6-8-23(19)33-4/h5-12,15-16H,13-14H2,1-4H3,(H,27,32)(H,28,29). The Kier molecular flexibility index (Phi) is 6.93. The molecule has 0 fully saturated rings. The van der Waals surface area contributed by atoms with Gasteiger partial charge in [0.2, 0.25) is 5.95 Å². The summed E-state index contributed by atoms with van der Waals surface area (Å²) in [6.07, 6.45) is 1.56. The first kappa shape index (κ1) is 23.1. The molecule has 2 aromatic heterocycles. The molecule has 34 heavy (non-hydrogen) atoms. The number of fused-ring (bicyclic) bond motifs is 1. The monoisotopic (exact) mass is 460 g/mol. The van der Waals surface area contributed by atoms with E-state index in [9.17, 15) is 4.79 Å². The number of likely N-dealkylation sites (N-methyl/N-ethyl adjacent to an activating group) is 1. The molecule has 4 rings (SSSR count). The van der Waals surface area contributed by atoms with Crippen molar-refractivity contribution in [1.29, 1.82) is 0 Å². The van der Waals surface area contributed by atoms with Gasteiger partial charge in [-0.1, -0.05) is 12.1 Å². The van der Waals surface area contributed by atoms with Gasteiger partial charge in [0.15, 0.2) is 0 Å². The number of methoxy groups -OCH3 is 1. The number of aromatic nitrogens is 3. The number of hydrogen-bond acceptors (Lipinski definition) is 7. The number of rotatable bonds is 9. The zero-order chi connectivity index (χ0) is 24.1. The number of carbonyl (C=O) groups is 1. The molecular formula is C25H28N6O3. The fourth-order valence-electron chi connectivity index (χ4n) is 3.44. The molecule has 0 saturated heterocycles. The van der Waals surface area contributed by atoms with Gasteiger partial charge in [-0.3, -0.25) is 9.78 Å². The molecule has 0 aliphatic carbocycles. The molecule has 0 spiro atoms. The lowest BCUT2D eigenvalue weighted by Crippen LogP contribution is -2.31. The normalized spacial score (nSPS) is 11.0. The first-order chi connectivity index (χ1) is 16.4. The van der Waals surface area contributed by atoms with E-state index in [0.29, 0.717) is 29.7 Å². The molecule has 2 aromatic carbocycles. The molecule has 0 unspecified atom stereocenters. The van der Waals surface area contributed by atoms with E-state index in [4.69, 9.17) is 14.5 Å². The van der Waals surface area contributed by atoms with Crippen LogP contribution < -0.4 is 20.1 Å². The average molecular weight is 461 g/mol. The number of carbonyl (C=O) groups excluding carboxylic acids is 1. The highest BCUT2D eigenvalue weighted by atomic mass is 16.5. The van der Waals surface area contributed by atoms with Gasteiger partial charge < -0.3 is 29.6 Å². The SMILES string of the molecule is COc1ccccc1Nc1nc2cc(Oc3ccnc(C(=O)NCCN(C)C)c3)ccc2n1C. The van der Waals surface area contributed by atoms with Gasteiger partial charge in [0.05, 0.1) is 23.8 Å². The molecule has 0 atom stereocenters. The van der Waals surface area contributed by atoms with Gasteiger partial charge in [-0.25, -0.2) is 4.98 Å². The topological polar surface area (TPSA) is 93.5 Å². The number of pyridine rings is 1. The van der Waals surface area contributed by atoms with E-state index < -0.39 is 0 Å². The first-order valence-electron chi connectivity index (χ1n) is 10.9. The molecule has 0 aliphatic rings. The number of nitrogens with zero attached hydrogens (tertiary/aromatic N) is 4. The van der Waals surface area contributed by atoms with Crippen LogP contribution in [-0.4, -0.2) is 59.6 Å². The van der Waals surface area contributed by atoms with E-state index in [1.807, 2.05) is 73.1 Å². The Balaban J connectivity index is 1.51. The van der Waals surface area contributed by atoms with Crippen LogP contribution >= 0.6 is 0 Å². The summed E-state index contributed by atoms with van der Waals surface area (Å²) in [5, 5.41) is 6.18. The largest absolute Gasteiger partial charge is 0.495 e. The summed E-state index contributed by atoms with van der Waals surface area (Å²) in [5.74, 6) is 2.31. The highest BCUT2D eigenvalue weighted by Gasteiger charge is 2.13. The Morgan fingerprint density at radius 2 is 1.88 bits per heavy atom. The Morgan fingerprint density at radius 3 is 2.68 bits per heavy atom. The van der Waals surface area contributed by atoms with Gasteiger partial charge in [-0.2, -0.15) is 0 Å². The summed E-state index contributed by atoms with van der Waals surface area (Å²) in [6, 6.07) is 16.7. The summed E-state index contributed by atoms with van der Waals surface area (Å²) in [5.41, 5.74) is 2.85. The zero-order valence-corrected chi connectivity index (χ0v) is 19.7. The van der Waals surface area contributed by atoms with E-state index >= 15 is 0 Å². The quantitative estimate of drug-likeness (QED) is 0.392. The van der Waals surface area contributed by atoms with Gasteiger partial charge >= 0.3 is 0 Å². The third-order valence-corrected chi connectivity index (χ3v) is 5.25. The summed E-state index contributed by atoms with van der Waals surface area (Å²) in [4.78, 5) is 23.2. The molecule has 4 aromatic rings. The lowest BCUT2D eigenvalue weighted by atomic mass is 10.3. The van der Waals surface area contributed by atoms with Crippen LogP contribution in [0.1, 0.15) is 10.5 Å². The fourth-order valence-corrected chi connectivity index (χ4v) is 3.44. The van der Waals surface area contributed by atoms with Crippen molar-refractivity contribution in [3.63, 3.8) is 0 Å². The zero-order valence-electron chi connectivity index (χ0n) is 19.7. The summed E-state index contributed by atoms with van der Waals surface area (Å²) < 4.78 is 13.4. The van der Waals surface area contributed by atoms with Crippen molar-refractivity contribution in [3.05, 3.63) is 66.5 Å². The van der Waals surface area contributed by atoms with Gasteiger partial charge in [-0.05, 0) is 44.4 Å². The lowest BCUT2D eigenvalue weighted by molar-refractivity contribution is 0.0945. The maximum Gasteiger partial charge on any atom is 0.270 e. The predicted octanol–water partition coefficient (Wildman–Crippen LogP) is 3.80. The Labute approximate surface area is 198 Å². The predicted molar refractivity (Wildman–Crippen MR) is 132 cm³/mol. The highest BCUT2D eigenvalue weighted by molar-refractivity contribution is 5.92. The molecule has 0 aliphatic heterocycles. The molecule has 0 saturated carbocycles. The number of anilines is 2. The number of ether oxygens (including phenoxy) is 2. The average Bonchev–Trinajstić information content (AvgIpc) is 3.13. The minimum absolute atomic E-state index is 0.237. The fraction of sp³-hybridized carbons (Fsp3) is 0.240. The maximum atomic E-state index is 12.4. The number of aryl methyl sites for hydroxylation is 1. The third kappa shape index (κ3) is 5.26. The molecular weight excluding hydrogens is 432 g/mol. The van der Waals surface area contributed by atoms with E-state index in [2.05, 4.69) is 15.6 Å².